The molecule has 0 bridgehead atoms. The predicted molar refractivity (Wildman–Crippen MR) is 147 cm³/mol. The Hall–Kier alpha value is -1.86. The van der Waals surface area contributed by atoms with E-state index >= 15 is 0 Å². The molecular weight excluding hydrogens is 488 g/mol. The molecule has 2 fully saturated rings. The van der Waals surface area contributed by atoms with Gasteiger partial charge in [0.05, 0.1) is 4.90 Å². The minimum Gasteiger partial charge on any atom is -0.417 e. The summed E-state index contributed by atoms with van der Waals surface area (Å²) in [7, 11) is -5.77. The summed E-state index contributed by atoms with van der Waals surface area (Å²) < 4.78 is 33.5. The highest BCUT2D eigenvalue weighted by Crippen LogP contribution is 2.36. The van der Waals surface area contributed by atoms with Crippen LogP contribution in [0.4, 0.5) is 0 Å². The number of nitriles is 1. The van der Waals surface area contributed by atoms with E-state index in [0.717, 1.165) is 26.1 Å². The Morgan fingerprint density at radius 2 is 1.72 bits per heavy atom. The van der Waals surface area contributed by atoms with E-state index in [4.69, 9.17) is 4.43 Å². The zero-order valence-corrected chi connectivity index (χ0v) is 24.8. The fourth-order valence-corrected chi connectivity index (χ4v) is 7.15. The third kappa shape index (κ3) is 6.52. The van der Waals surface area contributed by atoms with Crippen LogP contribution in [0, 0.1) is 11.3 Å². The molecule has 2 aliphatic heterocycles. The molecule has 2 heterocycles. The Bertz CT molecular complexity index is 1060. The summed E-state index contributed by atoms with van der Waals surface area (Å²) in [6.07, 6.45) is 3.20. The molecule has 200 valence electrons. The fourth-order valence-electron chi connectivity index (χ4n) is 4.70. The van der Waals surface area contributed by atoms with E-state index in [0.29, 0.717) is 38.1 Å². The number of hydrogen-bond acceptors (Lipinski definition) is 7. The zero-order chi connectivity index (χ0) is 26.6. The van der Waals surface area contributed by atoms with Gasteiger partial charge >= 0.3 is 0 Å². The number of benzene rings is 1. The van der Waals surface area contributed by atoms with E-state index in [1.54, 1.807) is 30.3 Å². The highest BCUT2D eigenvalue weighted by Gasteiger charge is 2.38. The molecule has 0 spiro atoms. The number of rotatable bonds is 10. The van der Waals surface area contributed by atoms with Crippen LogP contribution in [0.1, 0.15) is 47.0 Å². The molecule has 1 aromatic carbocycles. The van der Waals surface area contributed by atoms with Crippen LogP contribution in [-0.2, 0) is 14.3 Å². The van der Waals surface area contributed by atoms with Gasteiger partial charge in [-0.25, -0.2) is 8.42 Å². The number of sulfone groups is 1. The Balaban J connectivity index is 1.83. The molecule has 9 heteroatoms. The fraction of sp³-hybridized carbons (Fsp3) is 0.667. The monoisotopic (exact) mass is 532 g/mol. The van der Waals surface area contributed by atoms with Gasteiger partial charge in [0.2, 0.25) is 9.84 Å². The first kappa shape index (κ1) is 28.7. The van der Waals surface area contributed by atoms with E-state index in [1.807, 2.05) is 0 Å². The lowest BCUT2D eigenvalue weighted by atomic mass is 10.2. The second-order valence-electron chi connectivity index (χ2n) is 11.5. The van der Waals surface area contributed by atoms with Gasteiger partial charge in [-0.3, -0.25) is 4.90 Å². The normalized spacial score (nSPS) is 21.2. The maximum absolute atomic E-state index is 13.6. The standard InChI is InChI=1S/C27H44N4O3SSi/c1-23-12-10-15-29(23)17-18-31-20-19-30(16-11-21-34-36(5,6)27(2,3)4)26(31)25(22-28)35(32,33)24-13-8-7-9-14-24/h7-9,13-14,23H,10-12,15-21H2,1-6H3/b26-25+. The quantitative estimate of drug-likeness (QED) is 0.246. The smallest absolute Gasteiger partial charge is 0.220 e. The van der Waals surface area contributed by atoms with Crippen LogP contribution in [0.2, 0.25) is 18.1 Å². The van der Waals surface area contributed by atoms with Gasteiger partial charge in [-0.15, -0.1) is 0 Å². The Labute approximate surface area is 219 Å². The molecule has 2 saturated heterocycles. The van der Waals surface area contributed by atoms with Gasteiger partial charge in [0.1, 0.15) is 11.9 Å². The average molecular weight is 533 g/mol. The Kier molecular flexibility index (Phi) is 9.31. The summed E-state index contributed by atoms with van der Waals surface area (Å²) in [4.78, 5) is 6.67. The first-order valence-electron chi connectivity index (χ1n) is 13.2. The molecule has 0 aromatic heterocycles. The largest absolute Gasteiger partial charge is 0.417 e. The maximum Gasteiger partial charge on any atom is 0.220 e. The lowest BCUT2D eigenvalue weighted by Crippen LogP contribution is -2.41. The van der Waals surface area contributed by atoms with E-state index in [2.05, 4.69) is 61.6 Å². The lowest BCUT2D eigenvalue weighted by Gasteiger charge is -2.36. The Morgan fingerprint density at radius 3 is 2.28 bits per heavy atom. The molecule has 2 aliphatic rings. The van der Waals surface area contributed by atoms with Crippen molar-refractivity contribution in [2.45, 2.75) is 76.0 Å². The number of nitrogens with zero attached hydrogens (tertiary/aromatic N) is 4. The van der Waals surface area contributed by atoms with Crippen molar-refractivity contribution in [3.63, 3.8) is 0 Å². The average Bonchev–Trinajstić information content (AvgIpc) is 3.41. The first-order valence-corrected chi connectivity index (χ1v) is 17.6. The SMILES string of the molecule is CC1CCCN1CCN1CCN(CCCO[Si](C)(C)C(C)(C)C)/C1=C(/C#N)S(=O)(=O)c1ccccc1. The molecule has 0 radical (unpaired) electrons. The van der Waals surface area contributed by atoms with E-state index < -0.39 is 18.2 Å². The molecule has 0 aliphatic carbocycles. The van der Waals surface area contributed by atoms with E-state index in [1.165, 1.54) is 12.8 Å². The second kappa shape index (κ2) is 11.7. The molecule has 7 nitrogen and oxygen atoms in total. The molecular formula is C27H44N4O3SSi. The summed E-state index contributed by atoms with van der Waals surface area (Å²) in [5.74, 6) is 0.556. The molecule has 0 saturated carbocycles. The van der Waals surface area contributed by atoms with Crippen molar-refractivity contribution in [1.82, 2.24) is 14.7 Å². The maximum atomic E-state index is 13.6. The van der Waals surface area contributed by atoms with Crippen molar-refractivity contribution < 1.29 is 12.8 Å². The van der Waals surface area contributed by atoms with Crippen LogP contribution in [0.5, 0.6) is 0 Å². The molecule has 36 heavy (non-hydrogen) atoms. The minimum absolute atomic E-state index is 0.146. The van der Waals surface area contributed by atoms with Gasteiger partial charge < -0.3 is 14.2 Å². The summed E-state index contributed by atoms with van der Waals surface area (Å²) >= 11 is 0. The number of likely N-dealkylation sites (tertiary alicyclic amines) is 1. The molecule has 1 aromatic rings. The van der Waals surface area contributed by atoms with Crippen LogP contribution in [0.25, 0.3) is 0 Å². The molecule has 1 atom stereocenters. The van der Waals surface area contributed by atoms with Crippen LogP contribution in [0.3, 0.4) is 0 Å². The highest BCUT2D eigenvalue weighted by atomic mass is 32.2. The van der Waals surface area contributed by atoms with Gasteiger partial charge in [-0.2, -0.15) is 5.26 Å². The van der Waals surface area contributed by atoms with Crippen molar-refractivity contribution in [2.75, 3.05) is 45.9 Å². The third-order valence-electron chi connectivity index (χ3n) is 8.05. The van der Waals surface area contributed by atoms with E-state index in [-0.39, 0.29) is 14.8 Å². The van der Waals surface area contributed by atoms with Gasteiger partial charge in [0.15, 0.2) is 13.2 Å². The van der Waals surface area contributed by atoms with Crippen molar-refractivity contribution in [3.05, 3.63) is 41.1 Å². The minimum atomic E-state index is -3.92. The molecule has 1 unspecified atom stereocenters. The summed E-state index contributed by atoms with van der Waals surface area (Å²) in [5.41, 5.74) is 0. The Morgan fingerprint density at radius 1 is 1.08 bits per heavy atom. The van der Waals surface area contributed by atoms with Gasteiger partial charge in [0.25, 0.3) is 0 Å². The molecule has 3 rings (SSSR count). The van der Waals surface area contributed by atoms with Crippen LogP contribution < -0.4 is 0 Å². The number of allylic oxidation sites excluding steroid dienone is 1. The zero-order valence-electron chi connectivity index (χ0n) is 23.0. The van der Waals surface area contributed by atoms with E-state index in [9.17, 15) is 13.7 Å². The first-order chi connectivity index (χ1) is 16.9. The summed E-state index contributed by atoms with van der Waals surface area (Å²) in [5, 5.41) is 10.3. The van der Waals surface area contributed by atoms with Gasteiger partial charge in [-0.1, -0.05) is 39.0 Å². The van der Waals surface area contributed by atoms with Gasteiger partial charge in [-0.05, 0) is 63.0 Å². The third-order valence-corrected chi connectivity index (χ3v) is 14.3. The van der Waals surface area contributed by atoms with Crippen molar-refractivity contribution in [3.8, 4) is 6.07 Å². The summed E-state index contributed by atoms with van der Waals surface area (Å²) in [6, 6.07) is 10.9. The number of hydrogen-bond donors (Lipinski definition) is 0. The second-order valence-corrected chi connectivity index (χ2v) is 18.2. The van der Waals surface area contributed by atoms with Crippen LogP contribution >= 0.6 is 0 Å². The lowest BCUT2D eigenvalue weighted by molar-refractivity contribution is 0.224. The predicted octanol–water partition coefficient (Wildman–Crippen LogP) is 4.67. The summed E-state index contributed by atoms with van der Waals surface area (Å²) in [6.45, 7) is 18.8. The van der Waals surface area contributed by atoms with Crippen molar-refractivity contribution >= 4 is 18.2 Å². The molecule has 0 N–H and O–H groups in total. The highest BCUT2D eigenvalue weighted by molar-refractivity contribution is 7.95. The van der Waals surface area contributed by atoms with Crippen LogP contribution in [-0.4, -0.2) is 83.4 Å². The van der Waals surface area contributed by atoms with Crippen molar-refractivity contribution in [1.29, 1.82) is 5.26 Å². The topological polar surface area (TPSA) is 76.9 Å². The molecule has 0 amide bonds. The van der Waals surface area contributed by atoms with Gasteiger partial charge in [0, 0.05) is 45.4 Å². The van der Waals surface area contributed by atoms with Crippen molar-refractivity contribution in [2.24, 2.45) is 0 Å². The van der Waals surface area contributed by atoms with Crippen LogP contribution in [0.15, 0.2) is 46.0 Å².